The van der Waals surface area contributed by atoms with Crippen molar-refractivity contribution < 1.29 is 9.53 Å². The number of pyridine rings is 1. The maximum atomic E-state index is 11.2. The lowest BCUT2D eigenvalue weighted by Crippen LogP contribution is -2.18. The van der Waals surface area contributed by atoms with Gasteiger partial charge >= 0.3 is 6.09 Å². The maximum Gasteiger partial charge on any atom is 0.407 e. The highest BCUT2D eigenvalue weighted by molar-refractivity contribution is 5.77. The van der Waals surface area contributed by atoms with E-state index in [1.807, 2.05) is 82.3 Å². The van der Waals surface area contributed by atoms with E-state index in [1.165, 1.54) is 13.1 Å². The molecular weight excluding hydrogens is 340 g/mol. The highest BCUT2D eigenvalue weighted by Gasteiger charge is 1.97. The molecule has 3 aromatic rings. The Morgan fingerprint density at radius 1 is 0.926 bits per heavy atom. The molecule has 1 amide bonds. The molecule has 0 bridgehead atoms. The van der Waals surface area contributed by atoms with Crippen molar-refractivity contribution in [2.24, 2.45) is 0 Å². The van der Waals surface area contributed by atoms with E-state index < -0.39 is 6.09 Å². The lowest BCUT2D eigenvalue weighted by atomic mass is 10.2. The second-order valence-electron chi connectivity index (χ2n) is 4.70. The molecule has 146 valence electrons. The van der Waals surface area contributed by atoms with Gasteiger partial charge in [-0.15, -0.1) is 0 Å². The van der Waals surface area contributed by atoms with Crippen LogP contribution in [0, 0.1) is 0 Å². The summed E-state index contributed by atoms with van der Waals surface area (Å²) in [6.07, 6.45) is 1.25. The van der Waals surface area contributed by atoms with Crippen LogP contribution < -0.4 is 10.7 Å². The van der Waals surface area contributed by atoms with Crippen molar-refractivity contribution in [1.82, 2.24) is 10.3 Å². The van der Waals surface area contributed by atoms with Crippen molar-refractivity contribution in [3.63, 3.8) is 0 Å². The number of carbonyl (C=O) groups is 1. The summed E-state index contributed by atoms with van der Waals surface area (Å²) < 4.78 is 4.83. The van der Waals surface area contributed by atoms with Gasteiger partial charge in [-0.2, -0.15) is 0 Å². The normalized spacial score (nSPS) is 8.63. The van der Waals surface area contributed by atoms with Crippen LogP contribution in [-0.4, -0.2) is 18.1 Å². The number of rotatable bonds is 2. The van der Waals surface area contributed by atoms with Crippen LogP contribution in [0.4, 0.5) is 4.79 Å². The number of hydrogen-bond donors (Lipinski definition) is 2. The van der Waals surface area contributed by atoms with E-state index in [1.54, 1.807) is 6.20 Å². The number of alkyl carbamates (subject to hydrolysis) is 1. The second kappa shape index (κ2) is 15.2. The fraction of sp³-hybridized carbons (Fsp3) is 0.273. The van der Waals surface area contributed by atoms with Crippen LogP contribution in [0.2, 0.25) is 0 Å². The van der Waals surface area contributed by atoms with Crippen LogP contribution in [0.15, 0.2) is 71.7 Å². The Labute approximate surface area is 161 Å². The first-order valence-electron chi connectivity index (χ1n) is 9.15. The minimum Gasteiger partial charge on any atom is -0.445 e. The summed E-state index contributed by atoms with van der Waals surface area (Å²) in [5.41, 5.74) is 1.94. The number of aromatic amines is 1. The average Bonchev–Trinajstić information content (AvgIpc) is 2.76. The van der Waals surface area contributed by atoms with Gasteiger partial charge in [0.25, 0.3) is 0 Å². The Morgan fingerprint density at radius 3 is 2.11 bits per heavy atom. The summed E-state index contributed by atoms with van der Waals surface area (Å²) in [5, 5.41) is 3.12. The van der Waals surface area contributed by atoms with Crippen molar-refractivity contribution in [3.8, 4) is 0 Å². The molecule has 0 unspecified atom stereocenters. The van der Waals surface area contributed by atoms with Gasteiger partial charge in [0.2, 0.25) is 0 Å². The van der Waals surface area contributed by atoms with Gasteiger partial charge < -0.3 is 15.0 Å². The first-order valence-corrected chi connectivity index (χ1v) is 9.15. The third-order valence-electron chi connectivity index (χ3n) is 3.08. The zero-order valence-electron chi connectivity index (χ0n) is 16.8. The molecule has 2 aromatic carbocycles. The first kappa shape index (κ1) is 23.9. The summed E-state index contributed by atoms with van der Waals surface area (Å²) in [5.74, 6) is 0. The molecule has 5 heteroatoms. The van der Waals surface area contributed by atoms with Gasteiger partial charge in [-0.25, -0.2) is 4.79 Å². The van der Waals surface area contributed by atoms with Crippen molar-refractivity contribution >= 4 is 17.0 Å². The maximum absolute atomic E-state index is 11.2. The predicted molar refractivity (Wildman–Crippen MR) is 113 cm³/mol. The molecule has 0 spiro atoms. The highest BCUT2D eigenvalue weighted by Crippen LogP contribution is 2.03. The van der Waals surface area contributed by atoms with Gasteiger partial charge in [-0.05, 0) is 17.7 Å². The summed E-state index contributed by atoms with van der Waals surface area (Å²) in [6, 6.07) is 18.5. The number of para-hydroxylation sites is 1. The third-order valence-corrected chi connectivity index (χ3v) is 3.08. The number of ether oxygens (including phenoxy) is 1. The Hall–Kier alpha value is -3.08. The topological polar surface area (TPSA) is 71.2 Å². The van der Waals surface area contributed by atoms with Crippen molar-refractivity contribution in [2.45, 2.75) is 34.3 Å². The molecule has 5 nitrogen and oxygen atoms in total. The van der Waals surface area contributed by atoms with Crippen LogP contribution in [0.3, 0.4) is 0 Å². The lowest BCUT2D eigenvalue weighted by Gasteiger charge is -2.02. The van der Waals surface area contributed by atoms with Gasteiger partial charge in [0.1, 0.15) is 6.61 Å². The predicted octanol–water partition coefficient (Wildman–Crippen LogP) is 5.12. The smallest absolute Gasteiger partial charge is 0.407 e. The van der Waals surface area contributed by atoms with Gasteiger partial charge in [-0.1, -0.05) is 70.2 Å². The molecule has 0 aliphatic heterocycles. The molecule has 0 radical (unpaired) electrons. The largest absolute Gasteiger partial charge is 0.445 e. The zero-order chi connectivity index (χ0) is 20.5. The van der Waals surface area contributed by atoms with Gasteiger partial charge in [0.05, 0.1) is 0 Å². The van der Waals surface area contributed by atoms with E-state index in [0.717, 1.165) is 16.5 Å². The Morgan fingerprint density at radius 2 is 1.52 bits per heavy atom. The highest BCUT2D eigenvalue weighted by atomic mass is 16.5. The summed E-state index contributed by atoms with van der Waals surface area (Å²) >= 11 is 0. The van der Waals surface area contributed by atoms with Crippen LogP contribution in [0.5, 0.6) is 0 Å². The molecule has 0 saturated carbocycles. The molecule has 2 N–H and O–H groups in total. The number of H-pyrrole nitrogens is 1. The number of fused-ring (bicyclic) bond motifs is 1. The average molecular weight is 370 g/mol. The zero-order valence-corrected chi connectivity index (χ0v) is 16.8. The van der Waals surface area contributed by atoms with E-state index >= 15 is 0 Å². The fourth-order valence-corrected chi connectivity index (χ4v) is 1.92. The number of carbonyl (C=O) groups excluding carboxylic acids is 1. The van der Waals surface area contributed by atoms with Crippen molar-refractivity contribution in [3.05, 3.63) is 82.6 Å². The minimum atomic E-state index is -0.404. The molecule has 1 aromatic heterocycles. The molecule has 0 aliphatic rings. The van der Waals surface area contributed by atoms with Gasteiger partial charge in [0, 0.05) is 30.2 Å². The molecule has 1 heterocycles. The Kier molecular flexibility index (Phi) is 13.5. The number of hydrogen-bond acceptors (Lipinski definition) is 3. The summed E-state index contributed by atoms with van der Waals surface area (Å²) in [7, 11) is 1.54. The quantitative estimate of drug-likeness (QED) is 0.657. The fourth-order valence-electron chi connectivity index (χ4n) is 1.92. The Bertz CT molecular complexity index is 809. The molecule has 0 fully saturated rings. The number of nitrogens with one attached hydrogen (secondary N) is 2. The number of benzene rings is 2. The van der Waals surface area contributed by atoms with E-state index in [-0.39, 0.29) is 5.43 Å². The van der Waals surface area contributed by atoms with Crippen molar-refractivity contribution in [2.75, 3.05) is 7.05 Å². The molecule has 0 atom stereocenters. The lowest BCUT2D eigenvalue weighted by molar-refractivity contribution is 0.142. The molecule has 0 saturated heterocycles. The SMILES string of the molecule is CC.CC.CNC(=O)OCc1ccccc1.O=c1cc[nH]c2ccccc12. The molecular formula is C22H30N2O3. The summed E-state index contributed by atoms with van der Waals surface area (Å²) in [4.78, 5) is 24.8. The summed E-state index contributed by atoms with van der Waals surface area (Å²) in [6.45, 7) is 8.32. The van der Waals surface area contributed by atoms with Crippen LogP contribution in [0.1, 0.15) is 33.3 Å². The first-order chi connectivity index (χ1) is 13.2. The Balaban J connectivity index is 0.000000424. The van der Waals surface area contributed by atoms with Crippen LogP contribution >= 0.6 is 0 Å². The number of aromatic nitrogens is 1. The van der Waals surface area contributed by atoms with Gasteiger partial charge in [-0.3, -0.25) is 4.79 Å². The minimum absolute atomic E-state index is 0.0688. The second-order valence-corrected chi connectivity index (χ2v) is 4.70. The van der Waals surface area contributed by atoms with E-state index in [4.69, 9.17) is 4.74 Å². The third kappa shape index (κ3) is 9.26. The van der Waals surface area contributed by atoms with E-state index in [2.05, 4.69) is 10.3 Å². The number of amides is 1. The molecule has 3 rings (SSSR count). The van der Waals surface area contributed by atoms with Crippen molar-refractivity contribution in [1.29, 1.82) is 0 Å². The van der Waals surface area contributed by atoms with Gasteiger partial charge in [0.15, 0.2) is 5.43 Å². The van der Waals surface area contributed by atoms with E-state index in [9.17, 15) is 9.59 Å². The standard InChI is InChI=1S/C9H11NO2.C9H7NO.2C2H6/c1-10-9(11)12-7-8-5-3-2-4-6-8;11-9-5-6-10-8-4-2-1-3-7(8)9;2*1-2/h2-6H,7H2,1H3,(H,10,11);1-6H,(H,10,11);2*1-2H3. The van der Waals surface area contributed by atoms with E-state index in [0.29, 0.717) is 6.61 Å². The van der Waals surface area contributed by atoms with Crippen LogP contribution in [-0.2, 0) is 11.3 Å². The van der Waals surface area contributed by atoms with Crippen LogP contribution in [0.25, 0.3) is 10.9 Å². The molecule has 0 aliphatic carbocycles. The monoisotopic (exact) mass is 370 g/mol. The molecule has 27 heavy (non-hydrogen) atoms.